The van der Waals surface area contributed by atoms with Crippen LogP contribution in [0.4, 0.5) is 0 Å². The normalized spacial score (nSPS) is 12.0. The molecule has 0 fully saturated rings. The number of methoxy groups -OCH3 is 1. The van der Waals surface area contributed by atoms with Crippen LogP contribution in [0, 0.1) is 5.92 Å². The number of rotatable bonds is 12. The monoisotopic (exact) mass is 433 g/mol. The minimum absolute atomic E-state index is 0.0497. The molecular formula is C21H31N5O3S. The van der Waals surface area contributed by atoms with Gasteiger partial charge in [-0.05, 0) is 37.0 Å². The lowest BCUT2D eigenvalue weighted by molar-refractivity contribution is -0.120. The number of primary amides is 1. The molecule has 30 heavy (non-hydrogen) atoms. The fourth-order valence-electron chi connectivity index (χ4n) is 2.85. The molecule has 0 spiro atoms. The Balaban J connectivity index is 1.92. The summed E-state index contributed by atoms with van der Waals surface area (Å²) in [6.07, 6.45) is 1.41. The second-order valence-electron chi connectivity index (χ2n) is 7.52. The van der Waals surface area contributed by atoms with E-state index in [1.54, 1.807) is 7.11 Å². The summed E-state index contributed by atoms with van der Waals surface area (Å²) in [5, 5.41) is 11.8. The molecule has 8 nitrogen and oxygen atoms in total. The molecule has 3 N–H and O–H groups in total. The van der Waals surface area contributed by atoms with Crippen LogP contribution in [0.5, 0.6) is 5.75 Å². The maximum Gasteiger partial charge on any atom is 0.233 e. The van der Waals surface area contributed by atoms with Crippen molar-refractivity contribution in [1.29, 1.82) is 0 Å². The number of thioether (sulfide) groups is 1. The maximum absolute atomic E-state index is 12.5. The first-order valence-corrected chi connectivity index (χ1v) is 11.0. The summed E-state index contributed by atoms with van der Waals surface area (Å²) in [7, 11) is 1.64. The van der Waals surface area contributed by atoms with Crippen molar-refractivity contribution in [3.8, 4) is 5.75 Å². The van der Waals surface area contributed by atoms with Gasteiger partial charge in [-0.15, -0.1) is 10.2 Å². The van der Waals surface area contributed by atoms with Gasteiger partial charge in [0.15, 0.2) is 5.16 Å². The van der Waals surface area contributed by atoms with Crippen molar-refractivity contribution in [3.05, 3.63) is 35.7 Å². The topological polar surface area (TPSA) is 112 Å². The molecule has 2 amide bonds. The quantitative estimate of drug-likeness (QED) is 0.496. The van der Waals surface area contributed by atoms with Crippen LogP contribution < -0.4 is 15.8 Å². The van der Waals surface area contributed by atoms with Crippen LogP contribution in [0.25, 0.3) is 0 Å². The van der Waals surface area contributed by atoms with Crippen molar-refractivity contribution in [3.63, 3.8) is 0 Å². The minimum atomic E-state index is -0.368. The van der Waals surface area contributed by atoms with Crippen molar-refractivity contribution in [2.24, 2.45) is 11.7 Å². The molecule has 0 saturated carbocycles. The van der Waals surface area contributed by atoms with Gasteiger partial charge in [0.25, 0.3) is 0 Å². The fourth-order valence-corrected chi connectivity index (χ4v) is 3.75. The van der Waals surface area contributed by atoms with Crippen LogP contribution in [0.1, 0.15) is 38.6 Å². The number of hydrogen-bond acceptors (Lipinski definition) is 6. The summed E-state index contributed by atoms with van der Waals surface area (Å²) in [5.41, 5.74) is 6.39. The van der Waals surface area contributed by atoms with Gasteiger partial charge in [0, 0.05) is 25.9 Å². The van der Waals surface area contributed by atoms with Crippen molar-refractivity contribution >= 4 is 23.6 Å². The molecule has 0 aliphatic rings. The lowest BCUT2D eigenvalue weighted by Gasteiger charge is -2.15. The van der Waals surface area contributed by atoms with Crippen LogP contribution in [-0.4, -0.2) is 45.5 Å². The van der Waals surface area contributed by atoms with Crippen LogP contribution in [0.15, 0.2) is 29.4 Å². The van der Waals surface area contributed by atoms with Gasteiger partial charge >= 0.3 is 0 Å². The summed E-state index contributed by atoms with van der Waals surface area (Å²) in [6.45, 7) is 7.32. The number of benzene rings is 1. The van der Waals surface area contributed by atoms with Crippen LogP contribution in [0.3, 0.4) is 0 Å². The molecule has 2 aromatic rings. The lowest BCUT2D eigenvalue weighted by atomic mass is 10.1. The maximum atomic E-state index is 12.5. The van der Waals surface area contributed by atoms with Gasteiger partial charge in [-0.25, -0.2) is 0 Å². The Bertz CT molecular complexity index is 836. The standard InChI is InChI=1S/C21H31N5O3S/c1-14(2)13-26-19(10-9-18(22)27)24-25-21(26)30-15(3)20(28)23-12-11-16-5-7-17(29-4)8-6-16/h5-8,14-15H,9-13H2,1-4H3,(H2,22,27)(H,23,28). The molecule has 0 aliphatic heterocycles. The van der Waals surface area contributed by atoms with Gasteiger partial charge < -0.3 is 20.4 Å². The Hall–Kier alpha value is -2.55. The number of nitrogens with one attached hydrogen (secondary N) is 1. The minimum Gasteiger partial charge on any atom is -0.497 e. The van der Waals surface area contributed by atoms with E-state index in [0.717, 1.165) is 30.1 Å². The average Bonchev–Trinajstić information content (AvgIpc) is 3.07. The van der Waals surface area contributed by atoms with E-state index < -0.39 is 0 Å². The Morgan fingerprint density at radius 1 is 1.17 bits per heavy atom. The third-order valence-corrected chi connectivity index (χ3v) is 5.54. The van der Waals surface area contributed by atoms with Crippen molar-refractivity contribution in [2.75, 3.05) is 13.7 Å². The number of aryl methyl sites for hydroxylation is 1. The van der Waals surface area contributed by atoms with E-state index in [-0.39, 0.29) is 23.5 Å². The molecule has 0 saturated heterocycles. The number of nitrogens with two attached hydrogens (primary N) is 1. The number of hydrogen-bond donors (Lipinski definition) is 2. The Morgan fingerprint density at radius 2 is 1.87 bits per heavy atom. The zero-order valence-electron chi connectivity index (χ0n) is 18.1. The Morgan fingerprint density at radius 3 is 2.47 bits per heavy atom. The second-order valence-corrected chi connectivity index (χ2v) is 8.83. The van der Waals surface area contributed by atoms with Crippen LogP contribution >= 0.6 is 11.8 Å². The van der Waals surface area contributed by atoms with E-state index in [1.807, 2.05) is 35.8 Å². The lowest BCUT2D eigenvalue weighted by Crippen LogP contribution is -2.32. The molecule has 1 unspecified atom stereocenters. The van der Waals surface area contributed by atoms with Gasteiger partial charge in [-0.1, -0.05) is 37.7 Å². The summed E-state index contributed by atoms with van der Waals surface area (Å²) >= 11 is 1.37. The Labute approximate surface area is 182 Å². The summed E-state index contributed by atoms with van der Waals surface area (Å²) in [5.74, 6) is 1.49. The van der Waals surface area contributed by atoms with Gasteiger partial charge in [0.05, 0.1) is 12.4 Å². The molecule has 1 aromatic carbocycles. The molecule has 0 radical (unpaired) electrons. The van der Waals surface area contributed by atoms with Crippen molar-refractivity contribution in [2.45, 2.75) is 57.0 Å². The number of aromatic nitrogens is 3. The highest BCUT2D eigenvalue weighted by Crippen LogP contribution is 2.24. The van der Waals surface area contributed by atoms with Crippen molar-refractivity contribution in [1.82, 2.24) is 20.1 Å². The first-order chi connectivity index (χ1) is 14.3. The van der Waals surface area contributed by atoms with E-state index in [9.17, 15) is 9.59 Å². The highest BCUT2D eigenvalue weighted by Gasteiger charge is 2.20. The first kappa shape index (κ1) is 23.7. The molecule has 0 bridgehead atoms. The number of ether oxygens (including phenoxy) is 1. The van der Waals surface area contributed by atoms with Crippen LogP contribution in [-0.2, 0) is 29.0 Å². The smallest absolute Gasteiger partial charge is 0.233 e. The van der Waals surface area contributed by atoms with E-state index in [0.29, 0.717) is 24.0 Å². The molecule has 2 rings (SSSR count). The van der Waals surface area contributed by atoms with Crippen LogP contribution in [0.2, 0.25) is 0 Å². The summed E-state index contributed by atoms with van der Waals surface area (Å²) in [6, 6.07) is 7.80. The van der Waals surface area contributed by atoms with Gasteiger partial charge in [-0.2, -0.15) is 0 Å². The molecule has 1 heterocycles. The largest absolute Gasteiger partial charge is 0.497 e. The number of nitrogens with zero attached hydrogens (tertiary/aromatic N) is 3. The summed E-state index contributed by atoms with van der Waals surface area (Å²) < 4.78 is 7.14. The highest BCUT2D eigenvalue weighted by atomic mass is 32.2. The number of carbonyl (C=O) groups excluding carboxylic acids is 2. The first-order valence-electron chi connectivity index (χ1n) is 10.1. The zero-order chi connectivity index (χ0) is 22.1. The third kappa shape index (κ3) is 7.37. The SMILES string of the molecule is COc1ccc(CCNC(=O)C(C)Sc2nnc(CCC(N)=O)n2CC(C)C)cc1. The molecule has 0 aliphatic carbocycles. The third-order valence-electron chi connectivity index (χ3n) is 4.46. The molecule has 1 aromatic heterocycles. The van der Waals surface area contributed by atoms with Gasteiger partial charge in [0.1, 0.15) is 11.6 Å². The van der Waals surface area contributed by atoms with E-state index in [1.165, 1.54) is 11.8 Å². The zero-order valence-corrected chi connectivity index (χ0v) is 18.9. The predicted octanol–water partition coefficient (Wildman–Crippen LogP) is 2.20. The van der Waals surface area contributed by atoms with Crippen molar-refractivity contribution < 1.29 is 14.3 Å². The number of carbonyl (C=O) groups is 2. The van der Waals surface area contributed by atoms with E-state index >= 15 is 0 Å². The average molecular weight is 434 g/mol. The summed E-state index contributed by atoms with van der Waals surface area (Å²) in [4.78, 5) is 23.6. The molecule has 9 heteroatoms. The molecule has 1 atom stereocenters. The van der Waals surface area contributed by atoms with E-state index in [4.69, 9.17) is 10.5 Å². The molecular weight excluding hydrogens is 402 g/mol. The highest BCUT2D eigenvalue weighted by molar-refractivity contribution is 8.00. The molecule has 164 valence electrons. The predicted molar refractivity (Wildman–Crippen MR) is 117 cm³/mol. The van der Waals surface area contributed by atoms with E-state index in [2.05, 4.69) is 29.4 Å². The number of amides is 2. The fraction of sp³-hybridized carbons (Fsp3) is 0.524. The Kier molecular flexibility index (Phi) is 9.16. The van der Waals surface area contributed by atoms with Gasteiger partial charge in [0.2, 0.25) is 11.8 Å². The van der Waals surface area contributed by atoms with Gasteiger partial charge in [-0.3, -0.25) is 9.59 Å². The second kappa shape index (κ2) is 11.6.